The fourth-order valence-corrected chi connectivity index (χ4v) is 4.39. The molecular formula is C22H22Cl2N4O5. The minimum atomic E-state index is -1.16. The standard InChI is InChI=1S/C22H22Cl2N4O5/c1-33-19-11-15(3-4-16(19)24)25-6-8-26(9-7-25)20(29)12-27-17-5-2-14(23)10-18(17)28(22(27)32)13-21(30)31/h2-5,10-11H,6-9,12-13H2,1H3,(H,30,31). The Balaban J connectivity index is 1.50. The number of fused-ring (bicyclic) bond motifs is 1. The molecule has 11 heteroatoms. The van der Waals surface area contributed by atoms with E-state index in [-0.39, 0.29) is 12.5 Å². The predicted octanol–water partition coefficient (Wildman–Crippen LogP) is 2.55. The van der Waals surface area contributed by atoms with Gasteiger partial charge in [-0.3, -0.25) is 18.7 Å². The number of piperazine rings is 1. The number of aromatic nitrogens is 2. The molecule has 174 valence electrons. The number of anilines is 1. The molecule has 1 saturated heterocycles. The van der Waals surface area contributed by atoms with Gasteiger partial charge in [0.05, 0.1) is 23.2 Å². The van der Waals surface area contributed by atoms with Crippen LogP contribution >= 0.6 is 23.2 Å². The van der Waals surface area contributed by atoms with Crippen LogP contribution in [-0.2, 0) is 22.7 Å². The third-order valence-corrected chi connectivity index (χ3v) is 6.25. The minimum absolute atomic E-state index is 0.182. The summed E-state index contributed by atoms with van der Waals surface area (Å²) in [5, 5.41) is 10.1. The Morgan fingerprint density at radius 3 is 2.33 bits per heavy atom. The zero-order chi connectivity index (χ0) is 23.7. The zero-order valence-electron chi connectivity index (χ0n) is 17.8. The van der Waals surface area contributed by atoms with Crippen LogP contribution in [0.15, 0.2) is 41.2 Å². The van der Waals surface area contributed by atoms with E-state index in [4.69, 9.17) is 27.9 Å². The molecule has 0 saturated carbocycles. The fourth-order valence-electron chi connectivity index (χ4n) is 4.03. The first-order valence-electron chi connectivity index (χ1n) is 10.2. The maximum Gasteiger partial charge on any atom is 0.330 e. The van der Waals surface area contributed by atoms with Crippen molar-refractivity contribution >= 4 is 51.8 Å². The predicted molar refractivity (Wildman–Crippen MR) is 126 cm³/mol. The van der Waals surface area contributed by atoms with Crippen molar-refractivity contribution in [3.63, 3.8) is 0 Å². The first-order valence-corrected chi connectivity index (χ1v) is 11.0. The number of methoxy groups -OCH3 is 1. The van der Waals surface area contributed by atoms with Crippen molar-refractivity contribution in [1.82, 2.24) is 14.0 Å². The lowest BCUT2D eigenvalue weighted by Crippen LogP contribution is -2.50. The van der Waals surface area contributed by atoms with Crippen LogP contribution in [0.2, 0.25) is 10.0 Å². The molecule has 0 spiro atoms. The average molecular weight is 493 g/mol. The maximum atomic E-state index is 13.0. The molecule has 0 radical (unpaired) electrons. The molecule has 2 heterocycles. The minimum Gasteiger partial charge on any atom is -0.495 e. The van der Waals surface area contributed by atoms with Crippen LogP contribution in [0.1, 0.15) is 0 Å². The van der Waals surface area contributed by atoms with Gasteiger partial charge in [-0.1, -0.05) is 23.2 Å². The number of ether oxygens (including phenoxy) is 1. The lowest BCUT2D eigenvalue weighted by molar-refractivity contribution is -0.137. The molecule has 1 N–H and O–H groups in total. The van der Waals surface area contributed by atoms with Crippen molar-refractivity contribution in [3.05, 3.63) is 56.9 Å². The largest absolute Gasteiger partial charge is 0.495 e. The smallest absolute Gasteiger partial charge is 0.330 e. The van der Waals surface area contributed by atoms with Gasteiger partial charge in [0.25, 0.3) is 0 Å². The lowest BCUT2D eigenvalue weighted by atomic mass is 10.2. The molecule has 1 aliphatic rings. The number of carboxylic acids is 1. The van der Waals surface area contributed by atoms with Crippen molar-refractivity contribution in [2.24, 2.45) is 0 Å². The van der Waals surface area contributed by atoms with Crippen molar-refractivity contribution in [3.8, 4) is 5.75 Å². The van der Waals surface area contributed by atoms with Gasteiger partial charge in [-0.05, 0) is 30.3 Å². The summed E-state index contributed by atoms with van der Waals surface area (Å²) < 4.78 is 7.69. The number of carbonyl (C=O) groups is 2. The molecule has 1 aromatic heterocycles. The Bertz CT molecular complexity index is 1280. The Hall–Kier alpha value is -3.17. The Labute approximate surface area is 199 Å². The number of benzene rings is 2. The second kappa shape index (κ2) is 9.36. The highest BCUT2D eigenvalue weighted by Gasteiger charge is 2.24. The number of imidazole rings is 1. The van der Waals surface area contributed by atoms with Gasteiger partial charge >= 0.3 is 11.7 Å². The molecule has 2 aromatic carbocycles. The van der Waals surface area contributed by atoms with E-state index >= 15 is 0 Å². The van der Waals surface area contributed by atoms with E-state index in [1.54, 1.807) is 30.2 Å². The monoisotopic (exact) mass is 492 g/mol. The van der Waals surface area contributed by atoms with Crippen LogP contribution < -0.4 is 15.3 Å². The van der Waals surface area contributed by atoms with E-state index in [0.29, 0.717) is 53.0 Å². The van der Waals surface area contributed by atoms with Crippen LogP contribution in [0.3, 0.4) is 0 Å². The molecule has 3 aromatic rings. The second-order valence-corrected chi connectivity index (χ2v) is 8.51. The highest BCUT2D eigenvalue weighted by atomic mass is 35.5. The van der Waals surface area contributed by atoms with Crippen molar-refractivity contribution < 1.29 is 19.4 Å². The van der Waals surface area contributed by atoms with Gasteiger partial charge in [-0.2, -0.15) is 0 Å². The molecule has 0 aliphatic carbocycles. The van der Waals surface area contributed by atoms with Crippen molar-refractivity contribution in [1.29, 1.82) is 0 Å². The van der Waals surface area contributed by atoms with Crippen LogP contribution in [0, 0.1) is 0 Å². The average Bonchev–Trinajstić information content (AvgIpc) is 3.04. The summed E-state index contributed by atoms with van der Waals surface area (Å²) in [4.78, 5) is 41.0. The highest BCUT2D eigenvalue weighted by Crippen LogP contribution is 2.30. The molecule has 1 fully saturated rings. The van der Waals surface area contributed by atoms with Crippen LogP contribution in [-0.4, -0.2) is 64.3 Å². The van der Waals surface area contributed by atoms with E-state index < -0.39 is 18.2 Å². The van der Waals surface area contributed by atoms with Gasteiger partial charge < -0.3 is 19.6 Å². The summed E-state index contributed by atoms with van der Waals surface area (Å²) in [5.74, 6) is -0.780. The fraction of sp³-hybridized carbons (Fsp3) is 0.318. The summed E-state index contributed by atoms with van der Waals surface area (Å²) in [6, 6.07) is 10.3. The number of halogens is 2. The summed E-state index contributed by atoms with van der Waals surface area (Å²) in [6.45, 7) is 1.50. The Morgan fingerprint density at radius 1 is 0.970 bits per heavy atom. The Kier molecular flexibility index (Phi) is 6.53. The Morgan fingerprint density at radius 2 is 1.67 bits per heavy atom. The van der Waals surface area contributed by atoms with Gasteiger partial charge in [-0.15, -0.1) is 0 Å². The number of aliphatic carboxylic acids is 1. The van der Waals surface area contributed by atoms with Gasteiger partial charge in [-0.25, -0.2) is 4.79 Å². The first-order chi connectivity index (χ1) is 15.8. The first kappa shape index (κ1) is 23.0. The van der Waals surface area contributed by atoms with Gasteiger partial charge in [0, 0.05) is 43.0 Å². The third-order valence-electron chi connectivity index (χ3n) is 5.70. The van der Waals surface area contributed by atoms with Crippen LogP contribution in [0.5, 0.6) is 5.75 Å². The number of nitrogens with zero attached hydrogens (tertiary/aromatic N) is 4. The van der Waals surface area contributed by atoms with Crippen molar-refractivity contribution in [2.75, 3.05) is 38.2 Å². The third kappa shape index (κ3) is 4.65. The molecule has 0 bridgehead atoms. The normalized spacial score (nSPS) is 14.0. The SMILES string of the molecule is COc1cc(N2CCN(C(=O)Cn3c(=O)n(CC(=O)O)c4cc(Cl)ccc43)CC2)ccc1Cl. The molecule has 33 heavy (non-hydrogen) atoms. The molecule has 0 unspecified atom stereocenters. The molecule has 1 aliphatic heterocycles. The van der Waals surface area contributed by atoms with Crippen LogP contribution in [0.25, 0.3) is 11.0 Å². The molecule has 1 amide bonds. The number of rotatable bonds is 6. The lowest BCUT2D eigenvalue weighted by Gasteiger charge is -2.36. The number of hydrogen-bond donors (Lipinski definition) is 1. The van der Waals surface area contributed by atoms with E-state index in [0.717, 1.165) is 10.3 Å². The summed E-state index contributed by atoms with van der Waals surface area (Å²) in [6.07, 6.45) is 0. The molecule has 0 atom stereocenters. The summed E-state index contributed by atoms with van der Waals surface area (Å²) in [5.41, 5.74) is 1.23. The van der Waals surface area contributed by atoms with Gasteiger partial charge in [0.15, 0.2) is 0 Å². The quantitative estimate of drug-likeness (QED) is 0.567. The van der Waals surface area contributed by atoms with E-state index in [1.165, 1.54) is 10.6 Å². The van der Waals surface area contributed by atoms with Gasteiger partial charge in [0.1, 0.15) is 18.8 Å². The van der Waals surface area contributed by atoms with E-state index in [2.05, 4.69) is 4.90 Å². The van der Waals surface area contributed by atoms with Gasteiger partial charge in [0.2, 0.25) is 5.91 Å². The molecule has 4 rings (SSSR count). The zero-order valence-corrected chi connectivity index (χ0v) is 19.3. The van der Waals surface area contributed by atoms with E-state index in [9.17, 15) is 19.5 Å². The topological polar surface area (TPSA) is 97.0 Å². The van der Waals surface area contributed by atoms with Crippen molar-refractivity contribution in [2.45, 2.75) is 13.1 Å². The molecular weight excluding hydrogens is 471 g/mol. The number of carbonyl (C=O) groups excluding carboxylic acids is 1. The summed E-state index contributed by atoms with van der Waals surface area (Å²) in [7, 11) is 1.56. The number of carboxylic acid groups (broad SMARTS) is 1. The number of hydrogen-bond acceptors (Lipinski definition) is 5. The maximum absolute atomic E-state index is 13.0. The highest BCUT2D eigenvalue weighted by molar-refractivity contribution is 6.32. The number of amides is 1. The van der Waals surface area contributed by atoms with Crippen LogP contribution in [0.4, 0.5) is 5.69 Å². The second-order valence-electron chi connectivity index (χ2n) is 7.67. The van der Waals surface area contributed by atoms with E-state index in [1.807, 2.05) is 12.1 Å². The molecule has 9 nitrogen and oxygen atoms in total. The summed E-state index contributed by atoms with van der Waals surface area (Å²) >= 11 is 12.1.